The monoisotopic (exact) mass is 404 g/mol. The van der Waals surface area contributed by atoms with E-state index < -0.39 is 0 Å². The summed E-state index contributed by atoms with van der Waals surface area (Å²) in [6.45, 7) is 14.5. The first-order chi connectivity index (χ1) is 13.5. The lowest BCUT2D eigenvalue weighted by atomic mass is 9.50. The van der Waals surface area contributed by atoms with Crippen LogP contribution in [0.2, 0.25) is 0 Å². The lowest BCUT2D eigenvalue weighted by molar-refractivity contribution is -0.141. The average molecular weight is 405 g/mol. The number of rotatable bonds is 2. The van der Waals surface area contributed by atoms with Gasteiger partial charge < -0.3 is 10.2 Å². The molecule has 0 heterocycles. The maximum atomic E-state index is 11.6. The van der Waals surface area contributed by atoms with Gasteiger partial charge in [-0.05, 0) is 103 Å². The summed E-state index contributed by atoms with van der Waals surface area (Å²) in [6.07, 6.45) is 10.8. The highest BCUT2D eigenvalue weighted by Crippen LogP contribution is 2.58. The van der Waals surface area contributed by atoms with Crippen molar-refractivity contribution in [2.24, 2.45) is 58.2 Å². The highest BCUT2D eigenvalue weighted by atomic mass is 16.3. The second kappa shape index (κ2) is 7.80. The molecule has 0 aliphatic heterocycles. The van der Waals surface area contributed by atoms with E-state index in [0.717, 1.165) is 19.3 Å². The molecule has 10 atom stereocenters. The lowest BCUT2D eigenvalue weighted by Crippen LogP contribution is -2.54. The molecule has 4 fully saturated rings. The molecule has 4 aliphatic rings. The van der Waals surface area contributed by atoms with Crippen molar-refractivity contribution in [1.29, 1.82) is 0 Å². The molecular weight excluding hydrogens is 356 g/mol. The van der Waals surface area contributed by atoms with E-state index in [2.05, 4.69) is 41.5 Å². The highest BCUT2D eigenvalue weighted by molar-refractivity contribution is 5.03. The van der Waals surface area contributed by atoms with E-state index in [9.17, 15) is 10.2 Å². The molecule has 10 unspecified atom stereocenters. The quantitative estimate of drug-likeness (QED) is 0.567. The van der Waals surface area contributed by atoms with E-state index >= 15 is 0 Å². The van der Waals surface area contributed by atoms with Crippen molar-refractivity contribution in [1.82, 2.24) is 0 Å². The van der Waals surface area contributed by atoms with Crippen LogP contribution < -0.4 is 0 Å². The van der Waals surface area contributed by atoms with Gasteiger partial charge in [0.2, 0.25) is 0 Å². The van der Waals surface area contributed by atoms with E-state index in [-0.39, 0.29) is 23.0 Å². The van der Waals surface area contributed by atoms with Gasteiger partial charge in [-0.15, -0.1) is 0 Å². The Bertz CT molecular complexity index is 531. The minimum atomic E-state index is -0.175. The first-order valence-corrected chi connectivity index (χ1v) is 12.9. The fraction of sp³-hybridized carbons (Fsp3) is 1.00. The SMILES string of the molecule is CC1CC(CC2CC(C)C3CCCC(C)(C)C3C2O)C(O)C2C1CCCC2(C)C. The van der Waals surface area contributed by atoms with Crippen molar-refractivity contribution in [3.05, 3.63) is 0 Å². The number of fused-ring (bicyclic) bond motifs is 2. The summed E-state index contributed by atoms with van der Waals surface area (Å²) in [5.41, 5.74) is 0.508. The zero-order valence-corrected chi connectivity index (χ0v) is 20.0. The minimum Gasteiger partial charge on any atom is -0.393 e. The van der Waals surface area contributed by atoms with Gasteiger partial charge in [-0.1, -0.05) is 54.4 Å². The standard InChI is InChI=1S/C27H48O2/c1-16-13-18(24(28)22-20(16)9-7-11-26(22,3)4)15-19-14-17(2)21-10-8-12-27(5,6)23(21)25(19)29/h16-25,28-29H,7-15H2,1-6H3. The molecule has 168 valence electrons. The Kier molecular flexibility index (Phi) is 5.95. The van der Waals surface area contributed by atoms with Gasteiger partial charge in [0.15, 0.2) is 0 Å². The Morgan fingerprint density at radius 2 is 1.07 bits per heavy atom. The summed E-state index contributed by atoms with van der Waals surface area (Å²) in [6, 6.07) is 0. The molecule has 4 saturated carbocycles. The van der Waals surface area contributed by atoms with E-state index in [4.69, 9.17) is 0 Å². The Labute approximate surface area is 180 Å². The van der Waals surface area contributed by atoms with Crippen LogP contribution >= 0.6 is 0 Å². The Hall–Kier alpha value is -0.0800. The molecule has 2 nitrogen and oxygen atoms in total. The summed E-state index contributed by atoms with van der Waals surface area (Å²) < 4.78 is 0. The summed E-state index contributed by atoms with van der Waals surface area (Å²) >= 11 is 0. The molecule has 4 aliphatic carbocycles. The van der Waals surface area contributed by atoms with Crippen LogP contribution in [0, 0.1) is 58.2 Å². The Balaban J connectivity index is 1.52. The van der Waals surface area contributed by atoms with Crippen molar-refractivity contribution in [3.8, 4) is 0 Å². The largest absolute Gasteiger partial charge is 0.393 e. The predicted molar refractivity (Wildman–Crippen MR) is 120 cm³/mol. The third kappa shape index (κ3) is 3.84. The fourth-order valence-corrected chi connectivity index (χ4v) is 9.18. The van der Waals surface area contributed by atoms with Crippen molar-refractivity contribution < 1.29 is 10.2 Å². The van der Waals surface area contributed by atoms with Crippen LogP contribution in [0.3, 0.4) is 0 Å². The average Bonchev–Trinajstić information content (AvgIpc) is 2.62. The molecule has 0 aromatic rings. The smallest absolute Gasteiger partial charge is 0.0604 e. The molecule has 0 amide bonds. The van der Waals surface area contributed by atoms with Crippen LogP contribution in [0.1, 0.15) is 99.3 Å². The molecule has 0 radical (unpaired) electrons. The zero-order chi connectivity index (χ0) is 21.1. The minimum absolute atomic E-state index is 0.175. The van der Waals surface area contributed by atoms with E-state index in [1.54, 1.807) is 0 Å². The molecule has 0 bridgehead atoms. The topological polar surface area (TPSA) is 40.5 Å². The molecule has 0 aromatic carbocycles. The first kappa shape index (κ1) is 22.1. The number of hydrogen-bond donors (Lipinski definition) is 2. The number of aliphatic hydroxyl groups excluding tert-OH is 2. The van der Waals surface area contributed by atoms with Crippen LogP contribution in [-0.4, -0.2) is 22.4 Å². The van der Waals surface area contributed by atoms with E-state index in [1.165, 1.54) is 38.5 Å². The summed E-state index contributed by atoms with van der Waals surface area (Å²) in [5.74, 6) is 4.46. The van der Waals surface area contributed by atoms with Gasteiger partial charge in [0.25, 0.3) is 0 Å². The van der Waals surface area contributed by atoms with Crippen molar-refractivity contribution in [3.63, 3.8) is 0 Å². The van der Waals surface area contributed by atoms with Crippen molar-refractivity contribution in [2.45, 2.75) is 112 Å². The second-order valence-electron chi connectivity index (χ2n) is 13.3. The normalized spacial score (nSPS) is 51.7. The van der Waals surface area contributed by atoms with Gasteiger partial charge in [-0.2, -0.15) is 0 Å². The summed E-state index contributed by atoms with van der Waals surface area (Å²) in [4.78, 5) is 0. The Morgan fingerprint density at radius 1 is 0.690 bits per heavy atom. The summed E-state index contributed by atoms with van der Waals surface area (Å²) in [7, 11) is 0. The van der Waals surface area contributed by atoms with Crippen LogP contribution in [0.5, 0.6) is 0 Å². The zero-order valence-electron chi connectivity index (χ0n) is 20.0. The molecule has 0 aromatic heterocycles. The maximum absolute atomic E-state index is 11.6. The molecule has 0 spiro atoms. The van der Waals surface area contributed by atoms with E-state index in [1.807, 2.05) is 0 Å². The van der Waals surface area contributed by atoms with Crippen LogP contribution in [-0.2, 0) is 0 Å². The van der Waals surface area contributed by atoms with Gasteiger partial charge >= 0.3 is 0 Å². The van der Waals surface area contributed by atoms with Crippen molar-refractivity contribution in [2.75, 3.05) is 0 Å². The van der Waals surface area contributed by atoms with Gasteiger partial charge in [0.05, 0.1) is 12.2 Å². The number of aliphatic hydroxyl groups is 2. The second-order valence-corrected chi connectivity index (χ2v) is 13.3. The molecule has 29 heavy (non-hydrogen) atoms. The van der Waals surface area contributed by atoms with Crippen LogP contribution in [0.4, 0.5) is 0 Å². The van der Waals surface area contributed by atoms with Gasteiger partial charge in [-0.3, -0.25) is 0 Å². The fourth-order valence-electron chi connectivity index (χ4n) is 9.18. The van der Waals surface area contributed by atoms with Gasteiger partial charge in [0, 0.05) is 0 Å². The number of hydrogen-bond acceptors (Lipinski definition) is 2. The van der Waals surface area contributed by atoms with Crippen LogP contribution in [0.15, 0.2) is 0 Å². The molecular formula is C27H48O2. The molecule has 4 rings (SSSR count). The highest BCUT2D eigenvalue weighted by Gasteiger charge is 2.54. The van der Waals surface area contributed by atoms with Crippen LogP contribution in [0.25, 0.3) is 0 Å². The molecule has 2 heteroatoms. The van der Waals surface area contributed by atoms with E-state index in [0.29, 0.717) is 47.3 Å². The van der Waals surface area contributed by atoms with Crippen molar-refractivity contribution >= 4 is 0 Å². The Morgan fingerprint density at radius 3 is 1.45 bits per heavy atom. The molecule has 0 saturated heterocycles. The van der Waals surface area contributed by atoms with Gasteiger partial charge in [-0.25, -0.2) is 0 Å². The van der Waals surface area contributed by atoms with Gasteiger partial charge in [0.1, 0.15) is 0 Å². The lowest BCUT2D eigenvalue weighted by Gasteiger charge is -2.57. The summed E-state index contributed by atoms with van der Waals surface area (Å²) in [5, 5.41) is 23.1. The third-order valence-corrected chi connectivity index (χ3v) is 10.6. The predicted octanol–water partition coefficient (Wildman–Crippen LogP) is 6.30. The maximum Gasteiger partial charge on any atom is 0.0604 e. The first-order valence-electron chi connectivity index (χ1n) is 12.9. The third-order valence-electron chi connectivity index (χ3n) is 10.6. The molecule has 2 N–H and O–H groups in total.